The molecule has 1 aromatic carbocycles. The summed E-state index contributed by atoms with van der Waals surface area (Å²) < 4.78 is 11.1. The summed E-state index contributed by atoms with van der Waals surface area (Å²) in [6, 6.07) is 6.89. The number of rotatable bonds is 7. The number of ether oxygens (including phenoxy) is 2. The molecule has 5 nitrogen and oxygen atoms in total. The Labute approximate surface area is 174 Å². The molecular weight excluding hydrogens is 398 g/mol. The van der Waals surface area contributed by atoms with Gasteiger partial charge in [0.05, 0.1) is 12.2 Å². The van der Waals surface area contributed by atoms with Crippen LogP contribution in [0.4, 0.5) is 5.00 Å². The molecule has 3 rings (SSSR count). The lowest BCUT2D eigenvalue weighted by molar-refractivity contribution is -0.122. The Morgan fingerprint density at radius 2 is 1.89 bits per heavy atom. The average molecular weight is 422 g/mol. The second kappa shape index (κ2) is 9.43. The molecule has 0 bridgehead atoms. The summed E-state index contributed by atoms with van der Waals surface area (Å²) in [7, 11) is 0. The van der Waals surface area contributed by atoms with Crippen molar-refractivity contribution in [3.05, 3.63) is 45.3 Å². The highest BCUT2D eigenvalue weighted by Gasteiger charge is 2.29. The topological polar surface area (TPSA) is 64.6 Å². The summed E-state index contributed by atoms with van der Waals surface area (Å²) in [6.45, 7) is 3.96. The van der Waals surface area contributed by atoms with E-state index in [1.807, 2.05) is 6.92 Å². The summed E-state index contributed by atoms with van der Waals surface area (Å²) in [5.74, 6) is -0.0760. The minimum Gasteiger partial charge on any atom is -0.481 e. The van der Waals surface area contributed by atoms with Crippen LogP contribution < -0.4 is 10.1 Å². The van der Waals surface area contributed by atoms with Crippen molar-refractivity contribution in [1.29, 1.82) is 0 Å². The quantitative estimate of drug-likeness (QED) is 0.620. The van der Waals surface area contributed by atoms with Crippen molar-refractivity contribution in [3.63, 3.8) is 0 Å². The highest BCUT2D eigenvalue weighted by atomic mass is 35.5. The van der Waals surface area contributed by atoms with Crippen molar-refractivity contribution in [1.82, 2.24) is 0 Å². The van der Waals surface area contributed by atoms with E-state index in [2.05, 4.69) is 5.32 Å². The van der Waals surface area contributed by atoms with Crippen LogP contribution in [0.15, 0.2) is 24.3 Å². The van der Waals surface area contributed by atoms with Gasteiger partial charge in [0, 0.05) is 9.90 Å². The Morgan fingerprint density at radius 1 is 1.18 bits per heavy atom. The minimum absolute atomic E-state index is 0.276. The lowest BCUT2D eigenvalue weighted by Crippen LogP contribution is -2.32. The molecule has 1 atom stereocenters. The van der Waals surface area contributed by atoms with E-state index in [1.165, 1.54) is 11.3 Å². The number of anilines is 1. The zero-order chi connectivity index (χ0) is 20.1. The number of carbonyl (C=O) groups excluding carboxylic acids is 2. The maximum Gasteiger partial charge on any atom is 0.341 e. The van der Waals surface area contributed by atoms with E-state index in [4.69, 9.17) is 21.1 Å². The fraction of sp³-hybridized carbons (Fsp3) is 0.429. The molecule has 0 fully saturated rings. The Hall–Kier alpha value is -2.05. The number of nitrogens with one attached hydrogen (secondary N) is 1. The van der Waals surface area contributed by atoms with Gasteiger partial charge in [-0.2, -0.15) is 0 Å². The van der Waals surface area contributed by atoms with Gasteiger partial charge in [-0.05, 0) is 68.9 Å². The summed E-state index contributed by atoms with van der Waals surface area (Å²) in [6.07, 6.45) is 3.74. The first kappa shape index (κ1) is 20.7. The zero-order valence-electron chi connectivity index (χ0n) is 16.0. The molecule has 1 aromatic heterocycles. The van der Waals surface area contributed by atoms with E-state index in [0.29, 0.717) is 34.4 Å². The molecule has 1 aliphatic rings. The fourth-order valence-corrected chi connectivity index (χ4v) is 4.67. The standard InChI is InChI=1S/C21H24ClNO4S/c1-3-16(27-14-11-9-13(22)10-12-14)19(24)23-20-18(21(25)26-4-2)15-7-5-6-8-17(15)28-20/h9-12,16H,3-8H2,1-2H3,(H,23,24)/t16-/m1/s1. The van der Waals surface area contributed by atoms with Gasteiger partial charge in [0.25, 0.3) is 5.91 Å². The number of benzene rings is 1. The SMILES string of the molecule is CCOC(=O)c1c(NC(=O)[C@@H](CC)Oc2ccc(Cl)cc2)sc2c1CCCC2. The Balaban J connectivity index is 1.80. The highest BCUT2D eigenvalue weighted by Crippen LogP contribution is 2.38. The summed E-state index contributed by atoms with van der Waals surface area (Å²) >= 11 is 7.37. The molecule has 0 aliphatic heterocycles. The molecule has 1 aliphatic carbocycles. The van der Waals surface area contributed by atoms with Crippen LogP contribution in [0.5, 0.6) is 5.75 Å². The van der Waals surface area contributed by atoms with E-state index >= 15 is 0 Å². The van der Waals surface area contributed by atoms with E-state index in [-0.39, 0.29) is 11.9 Å². The van der Waals surface area contributed by atoms with Crippen molar-refractivity contribution >= 4 is 39.8 Å². The van der Waals surface area contributed by atoms with Gasteiger partial charge in [-0.15, -0.1) is 11.3 Å². The molecule has 1 heterocycles. The number of esters is 1. The molecule has 1 amide bonds. The average Bonchev–Trinajstić information content (AvgIpc) is 3.05. The maximum atomic E-state index is 12.9. The van der Waals surface area contributed by atoms with Crippen LogP contribution in [0.1, 0.15) is 53.9 Å². The molecule has 7 heteroatoms. The molecule has 0 saturated heterocycles. The first-order chi connectivity index (χ1) is 13.5. The Morgan fingerprint density at radius 3 is 2.57 bits per heavy atom. The summed E-state index contributed by atoms with van der Waals surface area (Å²) in [5, 5.41) is 4.09. The van der Waals surface area contributed by atoms with Gasteiger partial charge in [0.15, 0.2) is 6.10 Å². The minimum atomic E-state index is -0.671. The Kier molecular flexibility index (Phi) is 6.97. The zero-order valence-corrected chi connectivity index (χ0v) is 17.6. The summed E-state index contributed by atoms with van der Waals surface area (Å²) in [5.41, 5.74) is 1.54. The lowest BCUT2D eigenvalue weighted by Gasteiger charge is -2.17. The molecular formula is C21H24ClNO4S. The first-order valence-electron chi connectivity index (χ1n) is 9.58. The van der Waals surface area contributed by atoms with Crippen LogP contribution in [0.3, 0.4) is 0 Å². The van der Waals surface area contributed by atoms with Gasteiger partial charge < -0.3 is 14.8 Å². The number of hydrogen-bond donors (Lipinski definition) is 1. The smallest absolute Gasteiger partial charge is 0.341 e. The van der Waals surface area contributed by atoms with E-state index in [0.717, 1.165) is 36.1 Å². The first-order valence-corrected chi connectivity index (χ1v) is 10.8. The van der Waals surface area contributed by atoms with Crippen molar-refractivity contribution in [2.24, 2.45) is 0 Å². The lowest BCUT2D eigenvalue weighted by atomic mass is 9.95. The third kappa shape index (κ3) is 4.67. The van der Waals surface area contributed by atoms with Crippen molar-refractivity contribution in [2.45, 2.75) is 52.1 Å². The van der Waals surface area contributed by atoms with Crippen LogP contribution in [0, 0.1) is 0 Å². The van der Waals surface area contributed by atoms with Crippen molar-refractivity contribution in [3.8, 4) is 5.75 Å². The van der Waals surface area contributed by atoms with Gasteiger partial charge in [-0.3, -0.25) is 4.79 Å². The van der Waals surface area contributed by atoms with Gasteiger partial charge in [-0.1, -0.05) is 18.5 Å². The molecule has 0 unspecified atom stereocenters. The van der Waals surface area contributed by atoms with E-state index in [9.17, 15) is 9.59 Å². The second-order valence-electron chi connectivity index (χ2n) is 6.59. The van der Waals surface area contributed by atoms with Gasteiger partial charge in [0.1, 0.15) is 10.8 Å². The molecule has 0 spiro atoms. The van der Waals surface area contributed by atoms with E-state index in [1.54, 1.807) is 31.2 Å². The second-order valence-corrected chi connectivity index (χ2v) is 8.14. The van der Waals surface area contributed by atoms with E-state index < -0.39 is 6.10 Å². The van der Waals surface area contributed by atoms with Gasteiger partial charge in [0.2, 0.25) is 0 Å². The molecule has 150 valence electrons. The van der Waals surface area contributed by atoms with Crippen LogP contribution in [0.25, 0.3) is 0 Å². The monoisotopic (exact) mass is 421 g/mol. The van der Waals surface area contributed by atoms with Crippen LogP contribution in [-0.4, -0.2) is 24.6 Å². The molecule has 28 heavy (non-hydrogen) atoms. The van der Waals surface area contributed by atoms with Crippen molar-refractivity contribution in [2.75, 3.05) is 11.9 Å². The molecule has 0 radical (unpaired) electrons. The largest absolute Gasteiger partial charge is 0.481 e. The molecule has 0 saturated carbocycles. The third-order valence-electron chi connectivity index (χ3n) is 4.64. The number of fused-ring (bicyclic) bond motifs is 1. The predicted molar refractivity (Wildman–Crippen MR) is 112 cm³/mol. The number of aryl methyl sites for hydroxylation is 1. The predicted octanol–water partition coefficient (Wildman–Crippen LogP) is 5.25. The number of carbonyl (C=O) groups is 2. The number of hydrogen-bond acceptors (Lipinski definition) is 5. The normalized spacial score (nSPS) is 14.1. The van der Waals surface area contributed by atoms with Crippen LogP contribution >= 0.6 is 22.9 Å². The van der Waals surface area contributed by atoms with Gasteiger partial charge >= 0.3 is 5.97 Å². The number of thiophene rings is 1. The number of halogens is 1. The molecule has 1 N–H and O–H groups in total. The fourth-order valence-electron chi connectivity index (χ4n) is 3.27. The Bertz CT molecular complexity index is 847. The highest BCUT2D eigenvalue weighted by molar-refractivity contribution is 7.17. The molecule has 2 aromatic rings. The summed E-state index contributed by atoms with van der Waals surface area (Å²) in [4.78, 5) is 26.5. The van der Waals surface area contributed by atoms with Gasteiger partial charge in [-0.25, -0.2) is 4.79 Å². The third-order valence-corrected chi connectivity index (χ3v) is 6.10. The maximum absolute atomic E-state index is 12.9. The van der Waals surface area contributed by atoms with Crippen LogP contribution in [-0.2, 0) is 22.4 Å². The number of amides is 1. The van der Waals surface area contributed by atoms with Crippen molar-refractivity contribution < 1.29 is 19.1 Å². The van der Waals surface area contributed by atoms with Crippen LogP contribution in [0.2, 0.25) is 5.02 Å².